The van der Waals surface area contributed by atoms with Crippen LogP contribution in [0.4, 0.5) is 5.69 Å². The molecule has 0 spiro atoms. The summed E-state index contributed by atoms with van der Waals surface area (Å²) in [7, 11) is -2.16. The predicted molar refractivity (Wildman–Crippen MR) is 95.3 cm³/mol. The van der Waals surface area contributed by atoms with Crippen molar-refractivity contribution in [2.75, 3.05) is 18.6 Å². The van der Waals surface area contributed by atoms with Gasteiger partial charge in [0.25, 0.3) is 0 Å². The highest BCUT2D eigenvalue weighted by atomic mass is 32.2. The van der Waals surface area contributed by atoms with Crippen LogP contribution in [-0.4, -0.2) is 34.0 Å². The monoisotopic (exact) mass is 360 g/mol. The van der Waals surface area contributed by atoms with E-state index in [1.54, 1.807) is 48.4 Å². The zero-order valence-electron chi connectivity index (χ0n) is 14.1. The molecular formula is C18H20N2O4S. The minimum atomic E-state index is -3.73. The number of carbonyl (C=O) groups is 1. The summed E-state index contributed by atoms with van der Waals surface area (Å²) in [4.78, 5) is 14.4. The number of aryl methyl sites for hydroxylation is 1. The quantitative estimate of drug-likeness (QED) is 0.886. The van der Waals surface area contributed by atoms with Gasteiger partial charge in [0.1, 0.15) is 11.8 Å². The summed E-state index contributed by atoms with van der Waals surface area (Å²) in [6.45, 7) is 2.29. The van der Waals surface area contributed by atoms with E-state index in [2.05, 4.69) is 4.72 Å². The third kappa shape index (κ3) is 3.67. The van der Waals surface area contributed by atoms with E-state index in [4.69, 9.17) is 4.74 Å². The van der Waals surface area contributed by atoms with Gasteiger partial charge in [0.15, 0.2) is 0 Å². The number of hydrogen-bond donors (Lipinski definition) is 1. The fourth-order valence-corrected chi connectivity index (χ4v) is 4.17. The van der Waals surface area contributed by atoms with E-state index in [0.29, 0.717) is 18.7 Å². The predicted octanol–water partition coefficient (Wildman–Crippen LogP) is 2.09. The van der Waals surface area contributed by atoms with Crippen molar-refractivity contribution in [1.29, 1.82) is 0 Å². The first-order valence-electron chi connectivity index (χ1n) is 7.95. The van der Waals surface area contributed by atoms with Crippen LogP contribution >= 0.6 is 0 Å². The number of hydrogen-bond acceptors (Lipinski definition) is 4. The van der Waals surface area contributed by atoms with Gasteiger partial charge in [-0.3, -0.25) is 4.79 Å². The summed E-state index contributed by atoms with van der Waals surface area (Å²) < 4.78 is 32.7. The SMILES string of the molecule is COc1ccc(N2CC[C@H](NS(=O)(=O)c3cccc(C)c3)C2=O)cc1. The zero-order valence-corrected chi connectivity index (χ0v) is 14.9. The van der Waals surface area contributed by atoms with Crippen LogP contribution in [0, 0.1) is 6.92 Å². The van der Waals surface area contributed by atoms with Crippen LogP contribution in [-0.2, 0) is 14.8 Å². The molecule has 25 heavy (non-hydrogen) atoms. The standard InChI is InChI=1S/C18H20N2O4S/c1-13-4-3-5-16(12-13)25(22,23)19-17-10-11-20(18(17)21)14-6-8-15(24-2)9-7-14/h3-9,12,17,19H,10-11H2,1-2H3/t17-/m0/s1. The second kappa shape index (κ2) is 6.85. The van der Waals surface area contributed by atoms with Gasteiger partial charge in [0.05, 0.1) is 12.0 Å². The van der Waals surface area contributed by atoms with Gasteiger partial charge in [-0.1, -0.05) is 12.1 Å². The molecule has 0 radical (unpaired) electrons. The fourth-order valence-electron chi connectivity index (χ4n) is 2.85. The molecule has 1 heterocycles. The van der Waals surface area contributed by atoms with Gasteiger partial charge in [0.2, 0.25) is 15.9 Å². The molecule has 0 aromatic heterocycles. The molecule has 3 rings (SSSR count). The highest BCUT2D eigenvalue weighted by molar-refractivity contribution is 7.89. The van der Waals surface area contributed by atoms with Crippen molar-refractivity contribution in [1.82, 2.24) is 4.72 Å². The number of ether oxygens (including phenoxy) is 1. The van der Waals surface area contributed by atoms with Gasteiger partial charge in [0, 0.05) is 12.2 Å². The molecule has 6 nitrogen and oxygen atoms in total. The summed E-state index contributed by atoms with van der Waals surface area (Å²) in [5, 5.41) is 0. The first-order valence-corrected chi connectivity index (χ1v) is 9.43. The van der Waals surface area contributed by atoms with Gasteiger partial charge in [-0.15, -0.1) is 0 Å². The molecule has 1 atom stereocenters. The van der Waals surface area contributed by atoms with Gasteiger partial charge in [-0.2, -0.15) is 4.72 Å². The molecule has 0 saturated carbocycles. The van der Waals surface area contributed by atoms with Crippen molar-refractivity contribution in [2.24, 2.45) is 0 Å². The molecule has 1 aliphatic rings. The van der Waals surface area contributed by atoms with Crippen LogP contribution in [0.25, 0.3) is 0 Å². The number of methoxy groups -OCH3 is 1. The summed E-state index contributed by atoms with van der Waals surface area (Å²) in [6, 6.07) is 13.0. The molecule has 7 heteroatoms. The molecule has 1 amide bonds. The first-order chi connectivity index (χ1) is 11.9. The second-order valence-electron chi connectivity index (χ2n) is 5.97. The third-order valence-electron chi connectivity index (χ3n) is 4.19. The topological polar surface area (TPSA) is 75.7 Å². The largest absolute Gasteiger partial charge is 0.497 e. The molecule has 2 aromatic rings. The maximum atomic E-state index is 12.6. The van der Waals surface area contributed by atoms with Gasteiger partial charge in [-0.25, -0.2) is 8.42 Å². The molecule has 1 fully saturated rings. The van der Waals surface area contributed by atoms with Crippen molar-refractivity contribution >= 4 is 21.6 Å². The van der Waals surface area contributed by atoms with Crippen LogP contribution < -0.4 is 14.4 Å². The van der Waals surface area contributed by atoms with E-state index in [1.165, 1.54) is 6.07 Å². The average Bonchev–Trinajstić information content (AvgIpc) is 2.95. The van der Waals surface area contributed by atoms with Crippen molar-refractivity contribution in [3.63, 3.8) is 0 Å². The number of rotatable bonds is 5. The van der Waals surface area contributed by atoms with Crippen LogP contribution in [0.3, 0.4) is 0 Å². The Morgan fingerprint density at radius 1 is 1.16 bits per heavy atom. The molecule has 2 aromatic carbocycles. The van der Waals surface area contributed by atoms with Crippen molar-refractivity contribution in [3.05, 3.63) is 54.1 Å². The van der Waals surface area contributed by atoms with Crippen molar-refractivity contribution in [3.8, 4) is 5.75 Å². The molecule has 0 unspecified atom stereocenters. The first kappa shape index (κ1) is 17.4. The zero-order chi connectivity index (χ0) is 18.0. The van der Waals surface area contributed by atoms with E-state index in [9.17, 15) is 13.2 Å². The Hall–Kier alpha value is -2.38. The van der Waals surface area contributed by atoms with Crippen LogP contribution in [0.15, 0.2) is 53.4 Å². The lowest BCUT2D eigenvalue weighted by atomic mass is 10.2. The number of carbonyl (C=O) groups excluding carboxylic acids is 1. The van der Waals surface area contributed by atoms with E-state index >= 15 is 0 Å². The van der Waals surface area contributed by atoms with E-state index in [1.807, 2.05) is 13.0 Å². The number of amides is 1. The Morgan fingerprint density at radius 3 is 2.52 bits per heavy atom. The Labute approximate surface area is 147 Å². The Balaban J connectivity index is 1.75. The lowest BCUT2D eigenvalue weighted by molar-refractivity contribution is -0.118. The Morgan fingerprint density at radius 2 is 1.88 bits per heavy atom. The van der Waals surface area contributed by atoms with Crippen molar-refractivity contribution < 1.29 is 17.9 Å². The molecule has 0 bridgehead atoms. The van der Waals surface area contributed by atoms with E-state index < -0.39 is 16.1 Å². The van der Waals surface area contributed by atoms with E-state index in [-0.39, 0.29) is 10.8 Å². The molecule has 1 saturated heterocycles. The maximum Gasteiger partial charge on any atom is 0.245 e. The summed E-state index contributed by atoms with van der Waals surface area (Å²) in [5.41, 5.74) is 1.57. The van der Waals surface area contributed by atoms with E-state index in [0.717, 1.165) is 11.3 Å². The van der Waals surface area contributed by atoms with Crippen LogP contribution in [0.5, 0.6) is 5.75 Å². The summed E-state index contributed by atoms with van der Waals surface area (Å²) in [6.07, 6.45) is 0.426. The Kier molecular flexibility index (Phi) is 4.78. The maximum absolute atomic E-state index is 12.6. The van der Waals surface area contributed by atoms with Gasteiger partial charge >= 0.3 is 0 Å². The fraction of sp³-hybridized carbons (Fsp3) is 0.278. The average molecular weight is 360 g/mol. The minimum Gasteiger partial charge on any atom is -0.497 e. The third-order valence-corrected chi connectivity index (χ3v) is 5.66. The highest BCUT2D eigenvalue weighted by Crippen LogP contribution is 2.25. The lowest BCUT2D eigenvalue weighted by Gasteiger charge is -2.17. The normalized spacial score (nSPS) is 17.8. The summed E-state index contributed by atoms with van der Waals surface area (Å²) >= 11 is 0. The van der Waals surface area contributed by atoms with Gasteiger partial charge < -0.3 is 9.64 Å². The molecule has 0 aliphatic carbocycles. The molecular weight excluding hydrogens is 340 g/mol. The van der Waals surface area contributed by atoms with Crippen LogP contribution in [0.2, 0.25) is 0 Å². The Bertz CT molecular complexity index is 878. The number of nitrogens with one attached hydrogen (secondary N) is 1. The molecule has 1 N–H and O–H groups in total. The van der Waals surface area contributed by atoms with Gasteiger partial charge in [-0.05, 0) is 55.3 Å². The lowest BCUT2D eigenvalue weighted by Crippen LogP contribution is -2.41. The summed E-state index contributed by atoms with van der Waals surface area (Å²) in [5.74, 6) is 0.452. The molecule has 132 valence electrons. The second-order valence-corrected chi connectivity index (χ2v) is 7.68. The number of benzene rings is 2. The minimum absolute atomic E-state index is 0.170. The number of anilines is 1. The molecule has 1 aliphatic heterocycles. The van der Waals surface area contributed by atoms with Crippen LogP contribution in [0.1, 0.15) is 12.0 Å². The smallest absolute Gasteiger partial charge is 0.245 e. The van der Waals surface area contributed by atoms with Crippen molar-refractivity contribution in [2.45, 2.75) is 24.3 Å². The number of nitrogens with zero attached hydrogens (tertiary/aromatic N) is 1. The number of sulfonamides is 1. The highest BCUT2D eigenvalue weighted by Gasteiger charge is 2.35.